The molecule has 1 N–H and O–H groups in total. The number of thiazole rings is 1. The zero-order valence-corrected chi connectivity index (χ0v) is 20.2. The summed E-state index contributed by atoms with van der Waals surface area (Å²) in [4.78, 5) is 32.8. The third-order valence-corrected chi connectivity index (χ3v) is 8.25. The SMILES string of the molecule is O=C(Nc1cc2ccccc2cc1C(=O)N1CCC(c2nc3cc(Cl)ccc3s2)CC1)C1CC1. The Bertz CT molecular complexity index is 1420. The normalized spacial score (nSPS) is 16.8. The Balaban J connectivity index is 1.22. The van der Waals surface area contributed by atoms with Crippen LogP contribution in [0.15, 0.2) is 54.6 Å². The van der Waals surface area contributed by atoms with Gasteiger partial charge in [-0.1, -0.05) is 35.9 Å². The average Bonchev–Trinajstić information content (AvgIpc) is 3.63. The summed E-state index contributed by atoms with van der Waals surface area (Å²) in [6.07, 6.45) is 3.59. The highest BCUT2D eigenvalue weighted by Crippen LogP contribution is 2.36. The van der Waals surface area contributed by atoms with Crippen LogP contribution < -0.4 is 5.32 Å². The molecule has 0 unspecified atom stereocenters. The molecule has 2 heterocycles. The van der Waals surface area contributed by atoms with Crippen molar-refractivity contribution in [1.29, 1.82) is 0 Å². The molecule has 0 spiro atoms. The van der Waals surface area contributed by atoms with E-state index in [-0.39, 0.29) is 17.7 Å². The molecule has 1 aliphatic carbocycles. The number of aromatic nitrogens is 1. The van der Waals surface area contributed by atoms with Gasteiger partial charge in [0.05, 0.1) is 26.5 Å². The highest BCUT2D eigenvalue weighted by molar-refractivity contribution is 7.18. The van der Waals surface area contributed by atoms with E-state index in [4.69, 9.17) is 16.6 Å². The summed E-state index contributed by atoms with van der Waals surface area (Å²) in [5, 5.41) is 6.86. The van der Waals surface area contributed by atoms with E-state index in [0.29, 0.717) is 35.3 Å². The molecule has 2 aliphatic rings. The van der Waals surface area contributed by atoms with Crippen LogP contribution in [0.1, 0.15) is 47.0 Å². The number of piperidine rings is 1. The third kappa shape index (κ3) is 4.17. The average molecular weight is 490 g/mol. The molecule has 1 saturated heterocycles. The molecule has 1 aromatic heterocycles. The number of carbonyl (C=O) groups excluding carboxylic acids is 2. The number of hydrogen-bond donors (Lipinski definition) is 1. The van der Waals surface area contributed by atoms with Crippen LogP contribution in [-0.2, 0) is 4.79 Å². The molecule has 0 atom stereocenters. The van der Waals surface area contributed by atoms with E-state index >= 15 is 0 Å². The fourth-order valence-corrected chi connectivity index (χ4v) is 5.98. The zero-order valence-electron chi connectivity index (χ0n) is 18.6. The van der Waals surface area contributed by atoms with Crippen molar-refractivity contribution in [3.63, 3.8) is 0 Å². The smallest absolute Gasteiger partial charge is 0.255 e. The second-order valence-corrected chi connectivity index (χ2v) is 10.7. The molecule has 5 nitrogen and oxygen atoms in total. The van der Waals surface area contributed by atoms with E-state index in [2.05, 4.69) is 5.32 Å². The number of amides is 2. The van der Waals surface area contributed by atoms with E-state index in [9.17, 15) is 9.59 Å². The van der Waals surface area contributed by atoms with Gasteiger partial charge in [0.1, 0.15) is 0 Å². The number of likely N-dealkylation sites (tertiary alicyclic amines) is 1. The molecular weight excluding hydrogens is 466 g/mol. The van der Waals surface area contributed by atoms with Crippen LogP contribution in [-0.4, -0.2) is 34.8 Å². The summed E-state index contributed by atoms with van der Waals surface area (Å²) >= 11 is 7.84. The first-order valence-electron chi connectivity index (χ1n) is 11.7. The summed E-state index contributed by atoms with van der Waals surface area (Å²) < 4.78 is 1.14. The Morgan fingerprint density at radius 1 is 0.971 bits per heavy atom. The maximum Gasteiger partial charge on any atom is 0.255 e. The Morgan fingerprint density at radius 3 is 2.44 bits per heavy atom. The maximum absolute atomic E-state index is 13.6. The van der Waals surface area contributed by atoms with Crippen LogP contribution in [0.2, 0.25) is 5.02 Å². The summed E-state index contributed by atoms with van der Waals surface area (Å²) in [7, 11) is 0. The lowest BCUT2D eigenvalue weighted by molar-refractivity contribution is -0.117. The highest BCUT2D eigenvalue weighted by Gasteiger charge is 2.32. The predicted octanol–water partition coefficient (Wildman–Crippen LogP) is 6.47. The number of anilines is 1. The van der Waals surface area contributed by atoms with Crippen molar-refractivity contribution in [1.82, 2.24) is 9.88 Å². The summed E-state index contributed by atoms with van der Waals surface area (Å²) in [6, 6.07) is 17.6. The summed E-state index contributed by atoms with van der Waals surface area (Å²) in [5.41, 5.74) is 2.13. The van der Waals surface area contributed by atoms with Crippen molar-refractivity contribution >= 4 is 61.4 Å². The van der Waals surface area contributed by atoms with Gasteiger partial charge in [-0.3, -0.25) is 9.59 Å². The summed E-state index contributed by atoms with van der Waals surface area (Å²) in [6.45, 7) is 1.34. The second-order valence-electron chi connectivity index (χ2n) is 9.24. The van der Waals surface area contributed by atoms with Crippen molar-refractivity contribution in [2.45, 2.75) is 31.6 Å². The minimum Gasteiger partial charge on any atom is -0.339 e. The lowest BCUT2D eigenvalue weighted by Crippen LogP contribution is -2.38. The lowest BCUT2D eigenvalue weighted by atomic mass is 9.96. The van der Waals surface area contributed by atoms with Crippen molar-refractivity contribution in [3.05, 3.63) is 70.2 Å². The Kier molecular flexibility index (Phi) is 5.50. The van der Waals surface area contributed by atoms with Gasteiger partial charge >= 0.3 is 0 Å². The van der Waals surface area contributed by atoms with E-state index in [1.54, 1.807) is 11.3 Å². The van der Waals surface area contributed by atoms with E-state index in [1.807, 2.05) is 59.5 Å². The molecule has 4 aromatic rings. The minimum atomic E-state index is -0.0219. The molecule has 3 aromatic carbocycles. The van der Waals surface area contributed by atoms with Crippen LogP contribution in [0.25, 0.3) is 21.0 Å². The molecule has 1 saturated carbocycles. The first kappa shape index (κ1) is 21.6. The van der Waals surface area contributed by atoms with E-state index < -0.39 is 0 Å². The molecule has 7 heteroatoms. The highest BCUT2D eigenvalue weighted by atomic mass is 35.5. The number of carbonyl (C=O) groups is 2. The van der Waals surface area contributed by atoms with Gasteiger partial charge in [0.2, 0.25) is 5.91 Å². The number of nitrogens with zero attached hydrogens (tertiary/aromatic N) is 2. The van der Waals surface area contributed by atoms with E-state index in [0.717, 1.165) is 51.7 Å². The van der Waals surface area contributed by atoms with Gasteiger partial charge in [0.15, 0.2) is 0 Å². The molecule has 2 amide bonds. The monoisotopic (exact) mass is 489 g/mol. The van der Waals surface area contributed by atoms with Gasteiger partial charge in [-0.15, -0.1) is 11.3 Å². The fourth-order valence-electron chi connectivity index (χ4n) is 4.69. The molecule has 1 aliphatic heterocycles. The van der Waals surface area contributed by atoms with Crippen molar-refractivity contribution in [3.8, 4) is 0 Å². The number of rotatable bonds is 4. The molecular formula is C27H24ClN3O2S. The molecule has 34 heavy (non-hydrogen) atoms. The second kappa shape index (κ2) is 8.67. The molecule has 0 radical (unpaired) electrons. The Hall–Kier alpha value is -2.96. The number of nitrogens with one attached hydrogen (secondary N) is 1. The molecule has 172 valence electrons. The quantitative estimate of drug-likeness (QED) is 0.357. The van der Waals surface area contributed by atoms with E-state index in [1.165, 1.54) is 0 Å². The number of fused-ring (bicyclic) bond motifs is 2. The van der Waals surface area contributed by atoms with Gasteiger partial charge in [-0.05, 0) is 66.8 Å². The minimum absolute atomic E-state index is 0.0129. The van der Waals surface area contributed by atoms with Crippen LogP contribution in [0.4, 0.5) is 5.69 Å². The third-order valence-electron chi connectivity index (χ3n) is 6.82. The standard InChI is InChI=1S/C27H24ClN3O2S/c28-20-7-8-24-23(15-20)30-26(34-24)17-9-11-31(12-10-17)27(33)21-13-18-3-1-2-4-19(18)14-22(21)29-25(32)16-5-6-16/h1-4,7-8,13-17H,5-6,9-12H2,(H,29,32). The predicted molar refractivity (Wildman–Crippen MR) is 138 cm³/mol. The zero-order chi connectivity index (χ0) is 23.2. The van der Waals surface area contributed by atoms with Gasteiger partial charge < -0.3 is 10.2 Å². The first-order chi connectivity index (χ1) is 16.5. The van der Waals surface area contributed by atoms with Gasteiger partial charge in [-0.25, -0.2) is 4.98 Å². The lowest BCUT2D eigenvalue weighted by Gasteiger charge is -2.31. The molecule has 6 rings (SSSR count). The Morgan fingerprint density at radius 2 is 1.71 bits per heavy atom. The molecule has 2 fully saturated rings. The summed E-state index contributed by atoms with van der Waals surface area (Å²) in [5.74, 6) is 0.407. The number of hydrogen-bond acceptors (Lipinski definition) is 4. The van der Waals surface area contributed by atoms with Crippen molar-refractivity contribution in [2.75, 3.05) is 18.4 Å². The van der Waals surface area contributed by atoms with Crippen LogP contribution in [0, 0.1) is 5.92 Å². The number of benzene rings is 3. The van der Waals surface area contributed by atoms with Gasteiger partial charge in [0, 0.05) is 29.9 Å². The first-order valence-corrected chi connectivity index (χ1v) is 12.9. The van der Waals surface area contributed by atoms with Gasteiger partial charge in [-0.2, -0.15) is 0 Å². The van der Waals surface area contributed by atoms with Crippen LogP contribution in [0.5, 0.6) is 0 Å². The number of halogens is 1. The molecule has 0 bridgehead atoms. The van der Waals surface area contributed by atoms with Crippen LogP contribution >= 0.6 is 22.9 Å². The topological polar surface area (TPSA) is 62.3 Å². The van der Waals surface area contributed by atoms with Crippen LogP contribution in [0.3, 0.4) is 0 Å². The maximum atomic E-state index is 13.6. The largest absolute Gasteiger partial charge is 0.339 e. The Labute approximate surface area is 206 Å². The van der Waals surface area contributed by atoms with Gasteiger partial charge in [0.25, 0.3) is 5.91 Å². The fraction of sp³-hybridized carbons (Fsp3) is 0.296. The van der Waals surface area contributed by atoms with Crippen molar-refractivity contribution in [2.24, 2.45) is 5.92 Å². The van der Waals surface area contributed by atoms with Crippen molar-refractivity contribution < 1.29 is 9.59 Å².